The van der Waals surface area contributed by atoms with E-state index in [4.69, 9.17) is 0 Å². The predicted molar refractivity (Wildman–Crippen MR) is 77.0 cm³/mol. The fourth-order valence-electron chi connectivity index (χ4n) is 2.47. The Morgan fingerprint density at radius 2 is 1.67 bits per heavy atom. The molecule has 124 valence electrons. The van der Waals surface area contributed by atoms with E-state index in [9.17, 15) is 27.6 Å². The topological polar surface area (TPSA) is 83.1 Å². The molecule has 1 saturated heterocycles. The van der Waals surface area contributed by atoms with Crippen molar-refractivity contribution in [1.82, 2.24) is 10.2 Å². The molecule has 1 N–H and O–H groups in total. The number of nitrogens with zero attached hydrogens (tertiary/aromatic N) is 2. The fraction of sp³-hybridized carbons (Fsp3) is 0.200. The van der Waals surface area contributed by atoms with Crippen LogP contribution in [0.15, 0.2) is 35.1 Å². The Morgan fingerprint density at radius 1 is 1.00 bits per heavy atom. The van der Waals surface area contributed by atoms with Crippen LogP contribution in [0.1, 0.15) is 18.4 Å². The highest BCUT2D eigenvalue weighted by molar-refractivity contribution is 6.20. The molecule has 1 aromatic heterocycles. The van der Waals surface area contributed by atoms with Gasteiger partial charge in [0.2, 0.25) is 11.8 Å². The van der Waals surface area contributed by atoms with Crippen molar-refractivity contribution in [1.29, 1.82) is 0 Å². The Balaban J connectivity index is 2.14. The number of alkyl halides is 3. The summed E-state index contributed by atoms with van der Waals surface area (Å²) in [5.74, 6) is -1.33. The maximum Gasteiger partial charge on any atom is 0.418 e. The number of halogens is 3. The van der Waals surface area contributed by atoms with Crippen LogP contribution in [-0.2, 0) is 15.8 Å². The van der Waals surface area contributed by atoms with E-state index in [1.807, 2.05) is 0 Å². The Morgan fingerprint density at radius 3 is 2.21 bits per heavy atom. The van der Waals surface area contributed by atoms with Crippen molar-refractivity contribution >= 4 is 17.5 Å². The van der Waals surface area contributed by atoms with E-state index in [1.165, 1.54) is 12.1 Å². The molecule has 1 aliphatic heterocycles. The van der Waals surface area contributed by atoms with Gasteiger partial charge in [-0.2, -0.15) is 18.3 Å². The number of amides is 2. The minimum Gasteiger partial charge on any atom is -0.274 e. The molecule has 0 aliphatic carbocycles. The zero-order chi connectivity index (χ0) is 17.5. The van der Waals surface area contributed by atoms with Crippen molar-refractivity contribution in [2.24, 2.45) is 0 Å². The first-order valence-electron chi connectivity index (χ1n) is 6.90. The lowest BCUT2D eigenvalue weighted by molar-refractivity contribution is -0.137. The summed E-state index contributed by atoms with van der Waals surface area (Å²) in [6.45, 7) is 0. The summed E-state index contributed by atoms with van der Waals surface area (Å²) in [5, 5.41) is 5.81. The third kappa shape index (κ3) is 2.80. The Hall–Kier alpha value is -2.97. The SMILES string of the molecule is O=C1CCC(=O)N1c1ccc(-c2ccc(=O)[nH]n2)cc1C(F)(F)F. The monoisotopic (exact) mass is 337 g/mol. The molecule has 0 unspecified atom stereocenters. The van der Waals surface area contributed by atoms with E-state index in [2.05, 4.69) is 10.2 Å². The van der Waals surface area contributed by atoms with E-state index < -0.39 is 34.8 Å². The largest absolute Gasteiger partial charge is 0.418 e. The van der Waals surface area contributed by atoms with Gasteiger partial charge in [0.05, 0.1) is 16.9 Å². The van der Waals surface area contributed by atoms with Crippen LogP contribution in [0.2, 0.25) is 0 Å². The Labute approximate surface area is 132 Å². The van der Waals surface area contributed by atoms with Crippen molar-refractivity contribution in [3.05, 3.63) is 46.2 Å². The highest BCUT2D eigenvalue weighted by atomic mass is 19.4. The van der Waals surface area contributed by atoms with E-state index in [1.54, 1.807) is 0 Å². The van der Waals surface area contributed by atoms with Crippen LogP contribution in [0.4, 0.5) is 18.9 Å². The third-order valence-electron chi connectivity index (χ3n) is 3.57. The quantitative estimate of drug-likeness (QED) is 0.851. The van der Waals surface area contributed by atoms with Crippen LogP contribution in [-0.4, -0.2) is 22.0 Å². The molecule has 0 radical (unpaired) electrons. The average Bonchev–Trinajstić information content (AvgIpc) is 2.86. The van der Waals surface area contributed by atoms with Gasteiger partial charge in [-0.25, -0.2) is 10.00 Å². The van der Waals surface area contributed by atoms with E-state index in [0.29, 0.717) is 4.90 Å². The predicted octanol–water partition coefficient (Wildman–Crippen LogP) is 2.11. The smallest absolute Gasteiger partial charge is 0.274 e. The molecule has 0 saturated carbocycles. The molecule has 2 heterocycles. The molecule has 1 aliphatic rings. The first-order valence-corrected chi connectivity index (χ1v) is 6.90. The second kappa shape index (κ2) is 5.59. The van der Waals surface area contributed by atoms with Gasteiger partial charge in [-0.15, -0.1) is 0 Å². The van der Waals surface area contributed by atoms with Gasteiger partial charge in [0, 0.05) is 24.5 Å². The van der Waals surface area contributed by atoms with E-state index >= 15 is 0 Å². The molecule has 1 aromatic carbocycles. The lowest BCUT2D eigenvalue weighted by Crippen LogP contribution is -2.30. The summed E-state index contributed by atoms with van der Waals surface area (Å²) in [4.78, 5) is 35.0. The van der Waals surface area contributed by atoms with Gasteiger partial charge in [0.1, 0.15) is 0 Å². The Kier molecular flexibility index (Phi) is 3.70. The van der Waals surface area contributed by atoms with Crippen LogP contribution in [0.5, 0.6) is 0 Å². The second-order valence-electron chi connectivity index (χ2n) is 5.16. The number of carbonyl (C=O) groups is 2. The molecule has 2 aromatic rings. The van der Waals surface area contributed by atoms with Gasteiger partial charge < -0.3 is 0 Å². The van der Waals surface area contributed by atoms with E-state index in [0.717, 1.165) is 18.2 Å². The lowest BCUT2D eigenvalue weighted by atomic mass is 10.0. The number of rotatable bonds is 2. The number of imide groups is 1. The summed E-state index contributed by atoms with van der Waals surface area (Å²) < 4.78 is 40.2. The summed E-state index contributed by atoms with van der Waals surface area (Å²) >= 11 is 0. The molecule has 24 heavy (non-hydrogen) atoms. The van der Waals surface area contributed by atoms with Gasteiger partial charge in [-0.1, -0.05) is 6.07 Å². The fourth-order valence-corrected chi connectivity index (χ4v) is 2.47. The zero-order valence-electron chi connectivity index (χ0n) is 12.1. The van der Waals surface area contributed by atoms with Crippen molar-refractivity contribution in [2.75, 3.05) is 4.90 Å². The Bertz CT molecular complexity index is 853. The highest BCUT2D eigenvalue weighted by Gasteiger charge is 2.40. The minimum atomic E-state index is -4.77. The summed E-state index contributed by atoms with van der Waals surface area (Å²) in [5.41, 5.74) is -1.87. The third-order valence-corrected chi connectivity index (χ3v) is 3.57. The van der Waals surface area contributed by atoms with Crippen molar-refractivity contribution in [3.63, 3.8) is 0 Å². The number of hydrogen-bond donors (Lipinski definition) is 1. The second-order valence-corrected chi connectivity index (χ2v) is 5.16. The van der Waals surface area contributed by atoms with Crippen molar-refractivity contribution in [3.8, 4) is 11.3 Å². The minimum absolute atomic E-state index is 0.0985. The maximum atomic E-state index is 13.4. The summed E-state index contributed by atoms with van der Waals surface area (Å²) in [7, 11) is 0. The lowest BCUT2D eigenvalue weighted by Gasteiger charge is -2.20. The number of carbonyl (C=O) groups excluding carboxylic acids is 2. The standard InChI is InChI=1S/C15H10F3N3O3/c16-15(17,18)9-7-8(10-2-4-12(22)20-19-10)1-3-11(9)21-13(23)5-6-14(21)24/h1-4,7H,5-6H2,(H,20,22). The van der Waals surface area contributed by atoms with E-state index in [-0.39, 0.29) is 24.1 Å². The normalized spacial score (nSPS) is 15.2. The molecule has 6 nitrogen and oxygen atoms in total. The van der Waals surface area contributed by atoms with Gasteiger partial charge in [0.25, 0.3) is 5.56 Å². The van der Waals surface area contributed by atoms with Crippen LogP contribution in [0.25, 0.3) is 11.3 Å². The molecule has 3 rings (SSSR count). The average molecular weight is 337 g/mol. The first-order chi connectivity index (χ1) is 11.3. The first kappa shape index (κ1) is 15.9. The number of benzene rings is 1. The van der Waals surface area contributed by atoms with Gasteiger partial charge in [-0.3, -0.25) is 14.4 Å². The molecule has 0 atom stereocenters. The van der Waals surface area contributed by atoms with Gasteiger partial charge >= 0.3 is 6.18 Å². The van der Waals surface area contributed by atoms with Gasteiger partial charge in [0.15, 0.2) is 0 Å². The van der Waals surface area contributed by atoms with Gasteiger partial charge in [-0.05, 0) is 18.2 Å². The molecule has 1 fully saturated rings. The number of hydrogen-bond acceptors (Lipinski definition) is 4. The molecule has 0 spiro atoms. The number of aromatic amines is 1. The molecule has 0 bridgehead atoms. The van der Waals surface area contributed by atoms with Crippen LogP contribution >= 0.6 is 0 Å². The highest BCUT2D eigenvalue weighted by Crippen LogP contribution is 2.40. The molecular formula is C15H10F3N3O3. The number of H-pyrrole nitrogens is 1. The number of nitrogens with one attached hydrogen (secondary N) is 1. The summed E-state index contributed by atoms with van der Waals surface area (Å²) in [6, 6.07) is 5.59. The van der Waals surface area contributed by atoms with Crippen LogP contribution in [0.3, 0.4) is 0 Å². The van der Waals surface area contributed by atoms with Crippen LogP contribution < -0.4 is 10.5 Å². The molecule has 2 amide bonds. The number of aromatic nitrogens is 2. The molecule has 9 heteroatoms. The maximum absolute atomic E-state index is 13.4. The number of anilines is 1. The summed E-state index contributed by atoms with van der Waals surface area (Å²) in [6.07, 6.45) is -4.99. The molecular weight excluding hydrogens is 327 g/mol. The van der Waals surface area contributed by atoms with Crippen molar-refractivity contribution in [2.45, 2.75) is 19.0 Å². The van der Waals surface area contributed by atoms with Crippen molar-refractivity contribution < 1.29 is 22.8 Å². The zero-order valence-corrected chi connectivity index (χ0v) is 12.1. The van der Waals surface area contributed by atoms with Crippen LogP contribution in [0, 0.1) is 0 Å².